The number of nitrogens with zero attached hydrogens (tertiary/aromatic N) is 3. The van der Waals surface area contributed by atoms with Gasteiger partial charge in [-0.15, -0.1) is 0 Å². The predicted octanol–water partition coefficient (Wildman–Crippen LogP) is 5.94. The summed E-state index contributed by atoms with van der Waals surface area (Å²) >= 11 is 0. The van der Waals surface area contributed by atoms with Crippen LogP contribution in [0, 0.1) is 29.6 Å². The quantitative estimate of drug-likeness (QED) is 0.555. The zero-order valence-electron chi connectivity index (χ0n) is 16.5. The minimum Gasteiger partial charge on any atom is -0.454 e. The highest BCUT2D eigenvalue weighted by Gasteiger charge is 2.19. The van der Waals surface area contributed by atoms with E-state index in [0.717, 1.165) is 50.0 Å². The van der Waals surface area contributed by atoms with Crippen molar-refractivity contribution in [2.45, 2.75) is 46.5 Å². The van der Waals surface area contributed by atoms with Crippen molar-refractivity contribution < 1.29 is 4.74 Å². The highest BCUT2D eigenvalue weighted by molar-refractivity contribution is 5.69. The number of ether oxygens (including phenoxy) is 1. The Morgan fingerprint density at radius 2 is 1.56 bits per heavy atom. The number of rotatable bonds is 9. The molecule has 0 aliphatic heterocycles. The number of benzene rings is 2. The first-order valence-corrected chi connectivity index (χ1v) is 9.60. The van der Waals surface area contributed by atoms with E-state index in [1.165, 1.54) is 0 Å². The molecule has 0 spiro atoms. The highest BCUT2D eigenvalue weighted by Crippen LogP contribution is 2.37. The van der Waals surface area contributed by atoms with Crippen molar-refractivity contribution in [3.63, 3.8) is 0 Å². The molecule has 0 saturated carbocycles. The monoisotopic (exact) mass is 361 g/mol. The second-order valence-electron chi connectivity index (χ2n) is 6.70. The maximum atomic E-state index is 9.66. The summed E-state index contributed by atoms with van der Waals surface area (Å²) in [5.74, 6) is 1.22. The molecule has 0 aliphatic rings. The van der Waals surface area contributed by atoms with E-state index in [2.05, 4.69) is 30.9 Å². The fraction of sp³-hybridized carbons (Fsp3) is 0.391. The molecule has 0 aliphatic carbocycles. The number of nitriles is 2. The van der Waals surface area contributed by atoms with Crippen molar-refractivity contribution in [1.29, 1.82) is 10.5 Å². The van der Waals surface area contributed by atoms with Crippen LogP contribution >= 0.6 is 0 Å². The Kier molecular flexibility index (Phi) is 7.71. The van der Waals surface area contributed by atoms with Gasteiger partial charge in [0.25, 0.3) is 0 Å². The standard InChI is InChI=1S/C23H27N3O/c1-4-6-12-26(13-7-5-2)22-15-19(16-24)14-20(17-25)23(22)27-21-10-8-18(3)9-11-21/h8-11,14-15H,4-7,12-13H2,1-3H3. The molecule has 27 heavy (non-hydrogen) atoms. The Hall–Kier alpha value is -2.98. The van der Waals surface area contributed by atoms with Crippen molar-refractivity contribution in [2.75, 3.05) is 18.0 Å². The first-order valence-electron chi connectivity index (χ1n) is 9.60. The summed E-state index contributed by atoms with van der Waals surface area (Å²) in [6, 6.07) is 15.6. The Balaban J connectivity index is 2.52. The molecule has 2 aromatic rings. The van der Waals surface area contributed by atoms with Crippen LogP contribution in [-0.2, 0) is 0 Å². The van der Waals surface area contributed by atoms with Gasteiger partial charge in [0.05, 0.1) is 22.9 Å². The van der Waals surface area contributed by atoms with E-state index >= 15 is 0 Å². The molecular formula is C23H27N3O. The van der Waals surface area contributed by atoms with Crippen LogP contribution in [0.1, 0.15) is 56.2 Å². The average molecular weight is 361 g/mol. The lowest BCUT2D eigenvalue weighted by atomic mass is 10.1. The number of aryl methyl sites for hydroxylation is 1. The molecule has 0 heterocycles. The third-order valence-corrected chi connectivity index (χ3v) is 4.46. The molecule has 140 valence electrons. The Morgan fingerprint density at radius 3 is 2.07 bits per heavy atom. The molecule has 2 aromatic carbocycles. The second kappa shape index (κ2) is 10.2. The zero-order valence-corrected chi connectivity index (χ0v) is 16.5. The zero-order chi connectivity index (χ0) is 19.6. The molecular weight excluding hydrogens is 334 g/mol. The van der Waals surface area contributed by atoms with Gasteiger partial charge in [-0.1, -0.05) is 44.4 Å². The number of unbranched alkanes of at least 4 members (excludes halogenated alkanes) is 2. The van der Waals surface area contributed by atoms with Gasteiger partial charge in [-0.05, 0) is 44.0 Å². The molecule has 0 aromatic heterocycles. The van der Waals surface area contributed by atoms with Crippen molar-refractivity contribution >= 4 is 5.69 Å². The Morgan fingerprint density at radius 1 is 0.926 bits per heavy atom. The Labute approximate surface area is 162 Å². The summed E-state index contributed by atoms with van der Waals surface area (Å²) in [7, 11) is 0. The SMILES string of the molecule is CCCCN(CCCC)c1cc(C#N)cc(C#N)c1Oc1ccc(C)cc1. The van der Waals surface area contributed by atoms with Crippen LogP contribution in [0.15, 0.2) is 36.4 Å². The van der Waals surface area contributed by atoms with Crippen molar-refractivity contribution in [2.24, 2.45) is 0 Å². The van der Waals surface area contributed by atoms with Crippen LogP contribution in [-0.4, -0.2) is 13.1 Å². The lowest BCUT2D eigenvalue weighted by Crippen LogP contribution is -2.26. The van der Waals surface area contributed by atoms with Gasteiger partial charge in [0.15, 0.2) is 5.75 Å². The van der Waals surface area contributed by atoms with E-state index in [9.17, 15) is 10.5 Å². The molecule has 0 N–H and O–H groups in total. The van der Waals surface area contributed by atoms with Gasteiger partial charge in [0, 0.05) is 13.1 Å². The smallest absolute Gasteiger partial charge is 0.168 e. The lowest BCUT2D eigenvalue weighted by Gasteiger charge is -2.27. The Bertz CT molecular complexity index is 820. The van der Waals surface area contributed by atoms with Gasteiger partial charge in [-0.25, -0.2) is 0 Å². The second-order valence-corrected chi connectivity index (χ2v) is 6.70. The summed E-state index contributed by atoms with van der Waals surface area (Å²) in [5, 5.41) is 19.1. The molecule has 0 bridgehead atoms. The van der Waals surface area contributed by atoms with Crippen LogP contribution in [0.5, 0.6) is 11.5 Å². The van der Waals surface area contributed by atoms with Crippen molar-refractivity contribution in [3.8, 4) is 23.6 Å². The predicted molar refractivity (Wildman–Crippen MR) is 109 cm³/mol. The molecule has 0 atom stereocenters. The fourth-order valence-electron chi connectivity index (χ4n) is 2.88. The van der Waals surface area contributed by atoms with E-state index < -0.39 is 0 Å². The molecule has 0 radical (unpaired) electrons. The maximum absolute atomic E-state index is 9.66. The fourth-order valence-corrected chi connectivity index (χ4v) is 2.88. The highest BCUT2D eigenvalue weighted by atomic mass is 16.5. The summed E-state index contributed by atoms with van der Waals surface area (Å²) in [5.41, 5.74) is 2.85. The number of anilines is 1. The molecule has 0 amide bonds. The van der Waals surface area contributed by atoms with Gasteiger partial charge in [-0.3, -0.25) is 0 Å². The van der Waals surface area contributed by atoms with E-state index in [4.69, 9.17) is 4.74 Å². The topological polar surface area (TPSA) is 60.0 Å². The maximum Gasteiger partial charge on any atom is 0.168 e. The molecule has 4 heteroatoms. The average Bonchev–Trinajstić information content (AvgIpc) is 2.70. The summed E-state index contributed by atoms with van der Waals surface area (Å²) in [6.07, 6.45) is 4.26. The van der Waals surface area contributed by atoms with Gasteiger partial charge >= 0.3 is 0 Å². The summed E-state index contributed by atoms with van der Waals surface area (Å²) < 4.78 is 6.15. The molecule has 2 rings (SSSR count). The normalized spacial score (nSPS) is 10.1. The number of hydrogen-bond acceptors (Lipinski definition) is 4. The third kappa shape index (κ3) is 5.50. The minimum atomic E-state index is 0.391. The minimum absolute atomic E-state index is 0.391. The van der Waals surface area contributed by atoms with Gasteiger partial charge in [0.2, 0.25) is 0 Å². The van der Waals surface area contributed by atoms with Crippen LogP contribution < -0.4 is 9.64 Å². The van der Waals surface area contributed by atoms with E-state index in [1.807, 2.05) is 37.3 Å². The van der Waals surface area contributed by atoms with Crippen LogP contribution in [0.4, 0.5) is 5.69 Å². The van der Waals surface area contributed by atoms with E-state index in [-0.39, 0.29) is 0 Å². The summed E-state index contributed by atoms with van der Waals surface area (Å²) in [4.78, 5) is 2.25. The van der Waals surface area contributed by atoms with Crippen molar-refractivity contribution in [1.82, 2.24) is 0 Å². The van der Waals surface area contributed by atoms with Crippen LogP contribution in [0.25, 0.3) is 0 Å². The molecule has 0 saturated heterocycles. The van der Waals surface area contributed by atoms with Crippen LogP contribution in [0.3, 0.4) is 0 Å². The number of hydrogen-bond donors (Lipinski definition) is 0. The third-order valence-electron chi connectivity index (χ3n) is 4.46. The van der Waals surface area contributed by atoms with Gasteiger partial charge < -0.3 is 9.64 Å². The largest absolute Gasteiger partial charge is 0.454 e. The van der Waals surface area contributed by atoms with Gasteiger partial charge in [-0.2, -0.15) is 10.5 Å². The molecule has 0 unspecified atom stereocenters. The summed E-state index contributed by atoms with van der Waals surface area (Å²) in [6.45, 7) is 8.10. The van der Waals surface area contributed by atoms with E-state index in [1.54, 1.807) is 6.07 Å². The van der Waals surface area contributed by atoms with Gasteiger partial charge in [0.1, 0.15) is 11.8 Å². The van der Waals surface area contributed by atoms with Crippen molar-refractivity contribution in [3.05, 3.63) is 53.1 Å². The first kappa shape index (κ1) is 20.3. The van der Waals surface area contributed by atoms with E-state index in [0.29, 0.717) is 22.6 Å². The molecule has 4 nitrogen and oxygen atoms in total. The molecule has 0 fully saturated rings. The first-order chi connectivity index (χ1) is 13.1. The lowest BCUT2D eigenvalue weighted by molar-refractivity contribution is 0.478. The van der Waals surface area contributed by atoms with Crippen LogP contribution in [0.2, 0.25) is 0 Å².